The van der Waals surface area contributed by atoms with Crippen LogP contribution in [-0.2, 0) is 11.3 Å². The Morgan fingerprint density at radius 2 is 2.26 bits per heavy atom. The van der Waals surface area contributed by atoms with E-state index in [1.54, 1.807) is 6.20 Å². The van der Waals surface area contributed by atoms with E-state index in [0.717, 1.165) is 25.1 Å². The Labute approximate surface area is 114 Å². The Morgan fingerprint density at radius 1 is 1.42 bits per heavy atom. The standard InChI is InChI=1S/C14H23N3O2/c1-12(2)11-19-14(18)17-8-4-7-16-10-13-5-3-6-15-9-13/h3,5-6,9,12,16H,4,7-8,10-11H2,1-2H3,(H,17,18). The molecule has 1 aromatic rings. The molecule has 0 bridgehead atoms. The van der Waals surface area contributed by atoms with Crippen LogP contribution in [0.15, 0.2) is 24.5 Å². The third-order valence-corrected chi connectivity index (χ3v) is 2.40. The van der Waals surface area contributed by atoms with Crippen LogP contribution in [-0.4, -0.2) is 30.8 Å². The van der Waals surface area contributed by atoms with Gasteiger partial charge in [-0.1, -0.05) is 19.9 Å². The molecule has 1 amide bonds. The van der Waals surface area contributed by atoms with Gasteiger partial charge in [0, 0.05) is 25.5 Å². The van der Waals surface area contributed by atoms with Crippen LogP contribution in [0.5, 0.6) is 0 Å². The van der Waals surface area contributed by atoms with E-state index in [4.69, 9.17) is 4.74 Å². The molecule has 19 heavy (non-hydrogen) atoms. The van der Waals surface area contributed by atoms with E-state index >= 15 is 0 Å². The molecular formula is C14H23N3O2. The van der Waals surface area contributed by atoms with Crippen molar-refractivity contribution < 1.29 is 9.53 Å². The Balaban J connectivity index is 1.95. The van der Waals surface area contributed by atoms with Crippen molar-refractivity contribution in [2.24, 2.45) is 5.92 Å². The molecule has 5 heteroatoms. The average molecular weight is 265 g/mol. The van der Waals surface area contributed by atoms with Crippen molar-refractivity contribution in [2.75, 3.05) is 19.7 Å². The summed E-state index contributed by atoms with van der Waals surface area (Å²) in [6.45, 7) is 6.75. The number of hydrogen-bond donors (Lipinski definition) is 2. The Morgan fingerprint density at radius 3 is 2.95 bits per heavy atom. The summed E-state index contributed by atoms with van der Waals surface area (Å²) in [5.41, 5.74) is 1.16. The number of ether oxygens (including phenoxy) is 1. The fourth-order valence-corrected chi connectivity index (χ4v) is 1.43. The van der Waals surface area contributed by atoms with Crippen molar-refractivity contribution in [2.45, 2.75) is 26.8 Å². The maximum absolute atomic E-state index is 11.2. The minimum absolute atomic E-state index is 0.332. The summed E-state index contributed by atoms with van der Waals surface area (Å²) < 4.78 is 5.00. The van der Waals surface area contributed by atoms with E-state index in [0.29, 0.717) is 19.1 Å². The molecule has 5 nitrogen and oxygen atoms in total. The van der Waals surface area contributed by atoms with Crippen molar-refractivity contribution >= 4 is 6.09 Å². The highest BCUT2D eigenvalue weighted by Gasteiger charge is 2.02. The predicted octanol–water partition coefficient (Wildman–Crippen LogP) is 1.94. The van der Waals surface area contributed by atoms with Crippen LogP contribution < -0.4 is 10.6 Å². The molecule has 2 N–H and O–H groups in total. The molecule has 1 heterocycles. The topological polar surface area (TPSA) is 63.2 Å². The van der Waals surface area contributed by atoms with Crippen molar-refractivity contribution in [3.63, 3.8) is 0 Å². The van der Waals surface area contributed by atoms with Crippen LogP contribution >= 0.6 is 0 Å². The first-order chi connectivity index (χ1) is 9.18. The van der Waals surface area contributed by atoms with E-state index in [1.165, 1.54) is 0 Å². The van der Waals surface area contributed by atoms with Crippen LogP contribution in [0.2, 0.25) is 0 Å². The average Bonchev–Trinajstić information content (AvgIpc) is 2.41. The second-order valence-electron chi connectivity index (χ2n) is 4.81. The van der Waals surface area contributed by atoms with Gasteiger partial charge in [0.15, 0.2) is 0 Å². The lowest BCUT2D eigenvalue weighted by molar-refractivity contribution is 0.133. The molecule has 1 rings (SSSR count). The first-order valence-corrected chi connectivity index (χ1v) is 6.68. The molecule has 0 unspecified atom stereocenters. The first-order valence-electron chi connectivity index (χ1n) is 6.68. The number of nitrogens with one attached hydrogen (secondary N) is 2. The van der Waals surface area contributed by atoms with Gasteiger partial charge in [0.25, 0.3) is 0 Å². The van der Waals surface area contributed by atoms with E-state index in [1.807, 2.05) is 32.2 Å². The van der Waals surface area contributed by atoms with Crippen molar-refractivity contribution in [1.29, 1.82) is 0 Å². The van der Waals surface area contributed by atoms with E-state index in [9.17, 15) is 4.79 Å². The molecule has 0 fully saturated rings. The van der Waals surface area contributed by atoms with Gasteiger partial charge in [-0.05, 0) is 30.5 Å². The minimum Gasteiger partial charge on any atom is -0.449 e. The molecule has 0 saturated carbocycles. The number of alkyl carbamates (subject to hydrolysis) is 1. The van der Waals surface area contributed by atoms with Crippen molar-refractivity contribution in [1.82, 2.24) is 15.6 Å². The molecule has 0 aliphatic carbocycles. The summed E-state index contributed by atoms with van der Waals surface area (Å²) in [5, 5.41) is 6.02. The number of aromatic nitrogens is 1. The zero-order valence-electron chi connectivity index (χ0n) is 11.7. The zero-order valence-corrected chi connectivity index (χ0v) is 11.7. The van der Waals surface area contributed by atoms with Crippen LogP contribution in [0.3, 0.4) is 0 Å². The fraction of sp³-hybridized carbons (Fsp3) is 0.571. The van der Waals surface area contributed by atoms with Gasteiger partial charge in [-0.3, -0.25) is 4.98 Å². The number of carbonyl (C=O) groups is 1. The highest BCUT2D eigenvalue weighted by molar-refractivity contribution is 5.66. The summed E-state index contributed by atoms with van der Waals surface area (Å²) in [5.74, 6) is 0.367. The van der Waals surface area contributed by atoms with E-state index in [2.05, 4.69) is 15.6 Å². The third-order valence-electron chi connectivity index (χ3n) is 2.40. The number of rotatable bonds is 8. The summed E-state index contributed by atoms with van der Waals surface area (Å²) >= 11 is 0. The molecule has 106 valence electrons. The van der Waals surface area contributed by atoms with Crippen LogP contribution in [0.1, 0.15) is 25.8 Å². The SMILES string of the molecule is CC(C)COC(=O)NCCCNCc1cccnc1. The molecule has 0 spiro atoms. The Bertz CT molecular complexity index is 355. The molecule has 0 aromatic carbocycles. The van der Waals surface area contributed by atoms with Gasteiger partial charge in [0.1, 0.15) is 0 Å². The largest absolute Gasteiger partial charge is 0.449 e. The van der Waals surface area contributed by atoms with Crippen molar-refractivity contribution in [3.05, 3.63) is 30.1 Å². The Hall–Kier alpha value is -1.62. The van der Waals surface area contributed by atoms with Crippen LogP contribution in [0.4, 0.5) is 4.79 Å². The molecule has 0 aliphatic rings. The summed E-state index contributed by atoms with van der Waals surface area (Å²) in [4.78, 5) is 15.3. The van der Waals surface area contributed by atoms with Gasteiger partial charge in [0.05, 0.1) is 6.61 Å². The van der Waals surface area contributed by atoms with Gasteiger partial charge in [-0.25, -0.2) is 4.79 Å². The van der Waals surface area contributed by atoms with Crippen LogP contribution in [0.25, 0.3) is 0 Å². The lowest BCUT2D eigenvalue weighted by atomic mass is 10.2. The lowest BCUT2D eigenvalue weighted by Crippen LogP contribution is -2.28. The second-order valence-corrected chi connectivity index (χ2v) is 4.81. The molecule has 0 aliphatic heterocycles. The summed E-state index contributed by atoms with van der Waals surface area (Å²) in [6.07, 6.45) is 4.14. The number of pyridine rings is 1. The van der Waals surface area contributed by atoms with Gasteiger partial charge in [-0.2, -0.15) is 0 Å². The summed E-state index contributed by atoms with van der Waals surface area (Å²) in [7, 11) is 0. The second kappa shape index (κ2) is 9.33. The molecular weight excluding hydrogens is 242 g/mol. The van der Waals surface area contributed by atoms with Crippen molar-refractivity contribution in [3.8, 4) is 0 Å². The molecule has 0 radical (unpaired) electrons. The molecule has 1 aromatic heterocycles. The lowest BCUT2D eigenvalue weighted by Gasteiger charge is -2.09. The van der Waals surface area contributed by atoms with E-state index < -0.39 is 0 Å². The van der Waals surface area contributed by atoms with Gasteiger partial charge in [0.2, 0.25) is 0 Å². The quantitative estimate of drug-likeness (QED) is 0.705. The third kappa shape index (κ3) is 8.15. The zero-order chi connectivity index (χ0) is 13.9. The highest BCUT2D eigenvalue weighted by atomic mass is 16.5. The monoisotopic (exact) mass is 265 g/mol. The number of amides is 1. The van der Waals surface area contributed by atoms with Gasteiger partial charge in [-0.15, -0.1) is 0 Å². The Kier molecular flexibility index (Phi) is 7.58. The normalized spacial score (nSPS) is 10.5. The maximum Gasteiger partial charge on any atom is 0.407 e. The van der Waals surface area contributed by atoms with Gasteiger partial charge < -0.3 is 15.4 Å². The number of hydrogen-bond acceptors (Lipinski definition) is 4. The fourth-order valence-electron chi connectivity index (χ4n) is 1.43. The minimum atomic E-state index is -0.332. The first kappa shape index (κ1) is 15.4. The number of nitrogens with zero attached hydrogens (tertiary/aromatic N) is 1. The maximum atomic E-state index is 11.2. The smallest absolute Gasteiger partial charge is 0.407 e. The molecule has 0 saturated heterocycles. The molecule has 0 atom stereocenters. The summed E-state index contributed by atoms with van der Waals surface area (Å²) in [6, 6.07) is 3.95. The predicted molar refractivity (Wildman–Crippen MR) is 74.7 cm³/mol. The highest BCUT2D eigenvalue weighted by Crippen LogP contribution is 1.94. The number of carbonyl (C=O) groups excluding carboxylic acids is 1. The van der Waals surface area contributed by atoms with Crippen LogP contribution in [0, 0.1) is 5.92 Å². The van der Waals surface area contributed by atoms with Gasteiger partial charge >= 0.3 is 6.09 Å². The van der Waals surface area contributed by atoms with E-state index in [-0.39, 0.29) is 6.09 Å².